The number of anilines is 2. The smallest absolute Gasteiger partial charge is 0.307 e. The summed E-state index contributed by atoms with van der Waals surface area (Å²) in [7, 11) is 0. The van der Waals surface area contributed by atoms with Crippen LogP contribution in [0.4, 0.5) is 11.4 Å². The predicted molar refractivity (Wildman–Crippen MR) is 107 cm³/mol. The molecule has 2 aliphatic carbocycles. The lowest BCUT2D eigenvalue weighted by Gasteiger charge is -2.24. The molecule has 1 saturated carbocycles. The average Bonchev–Trinajstić information content (AvgIpc) is 3.40. The van der Waals surface area contributed by atoms with Crippen molar-refractivity contribution in [2.24, 2.45) is 23.7 Å². The molecule has 1 fully saturated rings. The van der Waals surface area contributed by atoms with E-state index in [9.17, 15) is 19.5 Å². The molecule has 6 nitrogen and oxygen atoms in total. The first-order valence-corrected chi connectivity index (χ1v) is 9.99. The van der Waals surface area contributed by atoms with Crippen molar-refractivity contribution in [2.45, 2.75) is 13.3 Å². The molecule has 4 rings (SSSR count). The number of allylic oxidation sites excluding steroid dienone is 2. The van der Waals surface area contributed by atoms with Gasteiger partial charge in [-0.2, -0.15) is 0 Å². The Kier molecular flexibility index (Phi) is 4.77. The first kappa shape index (κ1) is 18.4. The molecule has 2 aliphatic rings. The number of amides is 2. The van der Waals surface area contributed by atoms with Gasteiger partial charge in [0.05, 0.1) is 16.7 Å². The van der Waals surface area contributed by atoms with Crippen LogP contribution in [0.1, 0.15) is 21.7 Å². The second kappa shape index (κ2) is 7.24. The van der Waals surface area contributed by atoms with Crippen molar-refractivity contribution in [1.29, 1.82) is 0 Å². The van der Waals surface area contributed by atoms with Gasteiger partial charge in [-0.05, 0) is 60.4 Å². The standard InChI is InChI=1S/C21H20N2O4S/c1-11-9-14(6-7-15(11)23-19(24)16-3-2-8-28-16)22-20(25)17-12-4-5-13(10-12)18(17)21(26)27/h2-9,12-13,17-18H,10H2,1H3,(H,22,25)(H,23,24)(H,26,27)/t12-,13-,17-,18+/m0/s1. The average molecular weight is 396 g/mol. The van der Waals surface area contributed by atoms with E-state index >= 15 is 0 Å². The minimum atomic E-state index is -0.917. The van der Waals surface area contributed by atoms with Crippen LogP contribution in [0.5, 0.6) is 0 Å². The second-order valence-electron chi connectivity index (χ2n) is 7.29. The van der Waals surface area contributed by atoms with Crippen LogP contribution in [-0.4, -0.2) is 22.9 Å². The number of rotatable bonds is 5. The molecule has 3 N–H and O–H groups in total. The van der Waals surface area contributed by atoms with E-state index in [0.717, 1.165) is 12.0 Å². The highest BCUT2D eigenvalue weighted by Crippen LogP contribution is 2.48. The number of thiophene rings is 1. The fourth-order valence-electron chi connectivity index (χ4n) is 4.22. The molecular weight excluding hydrogens is 376 g/mol. The summed E-state index contributed by atoms with van der Waals surface area (Å²) in [5, 5.41) is 17.1. The molecule has 2 aromatic rings. The number of fused-ring (bicyclic) bond motifs is 2. The normalized spacial score (nSPS) is 24.9. The quantitative estimate of drug-likeness (QED) is 0.671. The minimum absolute atomic E-state index is 0.0171. The Morgan fingerprint density at radius 3 is 2.46 bits per heavy atom. The highest BCUT2D eigenvalue weighted by molar-refractivity contribution is 7.12. The summed E-state index contributed by atoms with van der Waals surface area (Å²) in [6.45, 7) is 1.85. The SMILES string of the molecule is Cc1cc(NC(=O)[C@@H]2[C@H](C(=O)O)[C@H]3C=C[C@H]2C3)ccc1NC(=O)c1cccs1. The first-order chi connectivity index (χ1) is 13.4. The Balaban J connectivity index is 1.46. The van der Waals surface area contributed by atoms with Crippen LogP contribution in [0.25, 0.3) is 0 Å². The van der Waals surface area contributed by atoms with Crippen LogP contribution in [0.3, 0.4) is 0 Å². The lowest BCUT2D eigenvalue weighted by atomic mass is 9.82. The van der Waals surface area contributed by atoms with Gasteiger partial charge >= 0.3 is 5.97 Å². The zero-order chi connectivity index (χ0) is 19.8. The van der Waals surface area contributed by atoms with Gasteiger partial charge in [-0.25, -0.2) is 0 Å². The highest BCUT2D eigenvalue weighted by Gasteiger charge is 2.51. The zero-order valence-corrected chi connectivity index (χ0v) is 16.0. The molecule has 0 unspecified atom stereocenters. The van der Waals surface area contributed by atoms with Crippen molar-refractivity contribution in [3.05, 3.63) is 58.3 Å². The molecule has 7 heteroatoms. The van der Waals surface area contributed by atoms with Crippen molar-refractivity contribution in [2.75, 3.05) is 10.6 Å². The number of hydrogen-bond acceptors (Lipinski definition) is 4. The Morgan fingerprint density at radius 1 is 1.07 bits per heavy atom. The molecule has 0 spiro atoms. The zero-order valence-electron chi connectivity index (χ0n) is 15.2. The van der Waals surface area contributed by atoms with E-state index in [1.807, 2.05) is 30.5 Å². The molecule has 144 valence electrons. The lowest BCUT2D eigenvalue weighted by molar-refractivity contribution is -0.146. The van der Waals surface area contributed by atoms with Gasteiger partial charge in [-0.1, -0.05) is 18.2 Å². The third kappa shape index (κ3) is 3.33. The van der Waals surface area contributed by atoms with Gasteiger partial charge in [-0.15, -0.1) is 11.3 Å². The van der Waals surface area contributed by atoms with Crippen LogP contribution in [-0.2, 0) is 9.59 Å². The number of hydrogen-bond donors (Lipinski definition) is 3. The van der Waals surface area contributed by atoms with Gasteiger partial charge in [0.25, 0.3) is 5.91 Å². The van der Waals surface area contributed by atoms with Gasteiger partial charge in [0.15, 0.2) is 0 Å². The number of nitrogens with one attached hydrogen (secondary N) is 2. The molecule has 1 aromatic heterocycles. The van der Waals surface area contributed by atoms with E-state index in [1.165, 1.54) is 11.3 Å². The summed E-state index contributed by atoms with van der Waals surface area (Å²) in [5.41, 5.74) is 2.07. The van der Waals surface area contributed by atoms with E-state index in [4.69, 9.17) is 0 Å². The van der Waals surface area contributed by atoms with Gasteiger partial charge in [0.2, 0.25) is 5.91 Å². The summed E-state index contributed by atoms with van der Waals surface area (Å²) >= 11 is 1.37. The lowest BCUT2D eigenvalue weighted by Crippen LogP contribution is -2.36. The number of carboxylic acid groups (broad SMARTS) is 1. The molecule has 1 heterocycles. The van der Waals surface area contributed by atoms with Crippen LogP contribution < -0.4 is 10.6 Å². The Labute approximate surface area is 166 Å². The number of benzene rings is 1. The summed E-state index contributed by atoms with van der Waals surface area (Å²) in [5.74, 6) is -2.65. The Hall–Kier alpha value is -2.93. The van der Waals surface area contributed by atoms with Gasteiger partial charge in [0.1, 0.15) is 0 Å². The van der Waals surface area contributed by atoms with E-state index in [-0.39, 0.29) is 23.7 Å². The predicted octanol–water partition coefficient (Wildman–Crippen LogP) is 3.77. The third-order valence-corrected chi connectivity index (χ3v) is 6.40. The molecule has 28 heavy (non-hydrogen) atoms. The van der Waals surface area contributed by atoms with E-state index in [0.29, 0.717) is 16.3 Å². The maximum absolute atomic E-state index is 12.8. The highest BCUT2D eigenvalue weighted by atomic mass is 32.1. The fourth-order valence-corrected chi connectivity index (χ4v) is 4.83. The molecule has 2 bridgehead atoms. The van der Waals surface area contributed by atoms with E-state index < -0.39 is 17.8 Å². The topological polar surface area (TPSA) is 95.5 Å². The maximum Gasteiger partial charge on any atom is 0.307 e. The van der Waals surface area contributed by atoms with Gasteiger partial charge in [0, 0.05) is 11.4 Å². The number of carbonyl (C=O) groups is 3. The first-order valence-electron chi connectivity index (χ1n) is 9.11. The number of aryl methyl sites for hydroxylation is 1. The summed E-state index contributed by atoms with van der Waals surface area (Å²) in [6, 6.07) is 8.81. The largest absolute Gasteiger partial charge is 0.481 e. The van der Waals surface area contributed by atoms with Crippen LogP contribution in [0, 0.1) is 30.6 Å². The van der Waals surface area contributed by atoms with Crippen molar-refractivity contribution < 1.29 is 19.5 Å². The third-order valence-electron chi connectivity index (χ3n) is 5.53. The summed E-state index contributed by atoms with van der Waals surface area (Å²) < 4.78 is 0. The number of carbonyl (C=O) groups excluding carboxylic acids is 2. The monoisotopic (exact) mass is 396 g/mol. The Morgan fingerprint density at radius 2 is 1.82 bits per heavy atom. The van der Waals surface area contributed by atoms with Crippen molar-refractivity contribution >= 4 is 40.5 Å². The molecule has 0 aliphatic heterocycles. The second-order valence-corrected chi connectivity index (χ2v) is 8.24. The fraction of sp³-hybridized carbons (Fsp3) is 0.286. The molecule has 0 saturated heterocycles. The molecule has 0 radical (unpaired) electrons. The van der Waals surface area contributed by atoms with Gasteiger partial charge < -0.3 is 15.7 Å². The van der Waals surface area contributed by atoms with Gasteiger partial charge in [-0.3, -0.25) is 14.4 Å². The number of aliphatic carboxylic acids is 1. The molecule has 1 aromatic carbocycles. The van der Waals surface area contributed by atoms with Crippen LogP contribution in [0.2, 0.25) is 0 Å². The molecular formula is C21H20N2O4S. The Bertz CT molecular complexity index is 967. The molecule has 2 amide bonds. The van der Waals surface area contributed by atoms with E-state index in [1.54, 1.807) is 24.3 Å². The summed E-state index contributed by atoms with van der Waals surface area (Å²) in [6.07, 6.45) is 4.60. The van der Waals surface area contributed by atoms with Crippen LogP contribution in [0.15, 0.2) is 47.9 Å². The van der Waals surface area contributed by atoms with Crippen molar-refractivity contribution in [3.8, 4) is 0 Å². The maximum atomic E-state index is 12.8. The van der Waals surface area contributed by atoms with Crippen LogP contribution >= 0.6 is 11.3 Å². The summed E-state index contributed by atoms with van der Waals surface area (Å²) in [4.78, 5) is 37.2. The van der Waals surface area contributed by atoms with E-state index in [2.05, 4.69) is 10.6 Å². The van der Waals surface area contributed by atoms with Crippen molar-refractivity contribution in [1.82, 2.24) is 0 Å². The minimum Gasteiger partial charge on any atom is -0.481 e. The van der Waals surface area contributed by atoms with Crippen molar-refractivity contribution in [3.63, 3.8) is 0 Å². The molecule has 4 atom stereocenters. The number of carboxylic acids is 1.